The number of benzene rings is 2. The zero-order valence-corrected chi connectivity index (χ0v) is 17.5. The molecule has 0 aromatic heterocycles. The van der Waals surface area contributed by atoms with E-state index in [1.165, 1.54) is 17.7 Å². The van der Waals surface area contributed by atoms with Crippen molar-refractivity contribution in [3.8, 4) is 11.1 Å². The van der Waals surface area contributed by atoms with E-state index in [9.17, 15) is 17.6 Å². The normalized spacial score (nSPS) is 17.4. The highest BCUT2D eigenvalue weighted by Crippen LogP contribution is 2.49. The summed E-state index contributed by atoms with van der Waals surface area (Å²) >= 11 is 0. The molecule has 160 valence electrons. The third-order valence-electron chi connectivity index (χ3n) is 5.67. The van der Waals surface area contributed by atoms with Gasteiger partial charge in [0.25, 0.3) is 0 Å². The minimum Gasteiger partial charge on any atom is -0.194 e. The standard InChI is InChI=1S/C26H28F4/c1-3-5-19-7-12-21(13-8-19)22-14-9-20(10-15-22)11-16-24-18-17-23(6-4-2)25(27,28)26(24,29)30/h7-10,12-15,17-18H,3-6,11,16H2,1-2H3. The molecule has 0 N–H and O–H groups in total. The summed E-state index contributed by atoms with van der Waals surface area (Å²) in [4.78, 5) is 0. The van der Waals surface area contributed by atoms with Gasteiger partial charge in [0.05, 0.1) is 0 Å². The molecule has 0 radical (unpaired) electrons. The van der Waals surface area contributed by atoms with Gasteiger partial charge < -0.3 is 0 Å². The molecule has 0 fully saturated rings. The van der Waals surface area contributed by atoms with Gasteiger partial charge >= 0.3 is 11.8 Å². The molecule has 0 aliphatic heterocycles. The predicted octanol–water partition coefficient (Wildman–Crippen LogP) is 8.18. The molecule has 0 amide bonds. The molecule has 0 heterocycles. The Hall–Kier alpha value is -2.36. The van der Waals surface area contributed by atoms with Gasteiger partial charge in [-0.05, 0) is 47.9 Å². The van der Waals surface area contributed by atoms with Gasteiger partial charge in [-0.2, -0.15) is 17.6 Å². The Balaban J connectivity index is 1.69. The van der Waals surface area contributed by atoms with Gasteiger partial charge in [0.2, 0.25) is 0 Å². The summed E-state index contributed by atoms with van der Waals surface area (Å²) in [7, 11) is 0. The fourth-order valence-corrected chi connectivity index (χ4v) is 3.86. The molecule has 0 unspecified atom stereocenters. The first-order valence-electron chi connectivity index (χ1n) is 10.6. The molecule has 30 heavy (non-hydrogen) atoms. The number of allylic oxidation sites excluding steroid dienone is 4. The lowest BCUT2D eigenvalue weighted by molar-refractivity contribution is -0.165. The summed E-state index contributed by atoms with van der Waals surface area (Å²) in [5.41, 5.74) is 3.31. The Kier molecular flexibility index (Phi) is 6.84. The number of rotatable bonds is 8. The maximum absolute atomic E-state index is 14.4. The minimum absolute atomic E-state index is 0.0206. The summed E-state index contributed by atoms with van der Waals surface area (Å²) < 4.78 is 57.4. The van der Waals surface area contributed by atoms with Crippen LogP contribution in [-0.2, 0) is 12.8 Å². The third-order valence-corrected chi connectivity index (χ3v) is 5.67. The van der Waals surface area contributed by atoms with Crippen molar-refractivity contribution in [1.29, 1.82) is 0 Å². The van der Waals surface area contributed by atoms with Crippen molar-refractivity contribution in [3.05, 3.63) is 83.0 Å². The molecular formula is C26H28F4. The van der Waals surface area contributed by atoms with E-state index in [0.717, 1.165) is 29.5 Å². The second-order valence-corrected chi connectivity index (χ2v) is 7.93. The van der Waals surface area contributed by atoms with E-state index in [-0.39, 0.29) is 12.8 Å². The number of aryl methyl sites for hydroxylation is 2. The number of hydrogen-bond acceptors (Lipinski definition) is 0. The Morgan fingerprint density at radius 3 is 1.37 bits per heavy atom. The largest absolute Gasteiger partial charge is 0.335 e. The first-order valence-corrected chi connectivity index (χ1v) is 10.6. The Morgan fingerprint density at radius 2 is 0.933 bits per heavy atom. The van der Waals surface area contributed by atoms with Crippen LogP contribution in [0.15, 0.2) is 71.8 Å². The lowest BCUT2D eigenvalue weighted by Crippen LogP contribution is -2.45. The van der Waals surface area contributed by atoms with Gasteiger partial charge in [0, 0.05) is 11.1 Å². The van der Waals surface area contributed by atoms with Gasteiger partial charge in [-0.25, -0.2) is 0 Å². The highest BCUT2D eigenvalue weighted by molar-refractivity contribution is 5.64. The molecule has 1 aliphatic carbocycles. The third kappa shape index (κ3) is 4.53. The second kappa shape index (κ2) is 9.20. The van der Waals surface area contributed by atoms with Crippen molar-refractivity contribution in [2.24, 2.45) is 0 Å². The van der Waals surface area contributed by atoms with E-state index in [1.807, 2.05) is 24.3 Å². The average molecular weight is 417 g/mol. The van der Waals surface area contributed by atoms with Crippen LogP contribution in [0.5, 0.6) is 0 Å². The van der Waals surface area contributed by atoms with Crippen LogP contribution in [-0.4, -0.2) is 11.8 Å². The lowest BCUT2D eigenvalue weighted by atomic mass is 9.85. The van der Waals surface area contributed by atoms with Gasteiger partial charge in [0.1, 0.15) is 0 Å². The van der Waals surface area contributed by atoms with E-state index in [0.29, 0.717) is 12.8 Å². The highest BCUT2D eigenvalue weighted by Gasteiger charge is 2.61. The monoisotopic (exact) mass is 416 g/mol. The van der Waals surface area contributed by atoms with Crippen LogP contribution in [0.3, 0.4) is 0 Å². The maximum atomic E-state index is 14.4. The average Bonchev–Trinajstić information content (AvgIpc) is 2.73. The zero-order chi connectivity index (χ0) is 21.8. The van der Waals surface area contributed by atoms with Gasteiger partial charge in [-0.3, -0.25) is 0 Å². The van der Waals surface area contributed by atoms with Crippen molar-refractivity contribution >= 4 is 0 Å². The molecule has 0 spiro atoms. The molecule has 3 rings (SSSR count). The SMILES string of the molecule is CCCC1=CC=C(CCc2ccc(-c3ccc(CCC)cc3)cc2)C(F)(F)C1(F)F. The molecule has 0 atom stereocenters. The van der Waals surface area contributed by atoms with Crippen LogP contribution in [0, 0.1) is 0 Å². The quantitative estimate of drug-likeness (QED) is 0.381. The molecule has 0 saturated heterocycles. The van der Waals surface area contributed by atoms with E-state index < -0.39 is 23.0 Å². The van der Waals surface area contributed by atoms with Crippen LogP contribution < -0.4 is 0 Å². The van der Waals surface area contributed by atoms with Crippen LogP contribution in [0.4, 0.5) is 17.6 Å². The number of alkyl halides is 4. The molecule has 2 aromatic carbocycles. The van der Waals surface area contributed by atoms with E-state index in [2.05, 4.69) is 31.2 Å². The molecule has 1 aliphatic rings. The molecule has 4 heteroatoms. The Morgan fingerprint density at radius 1 is 0.533 bits per heavy atom. The van der Waals surface area contributed by atoms with Gasteiger partial charge in [0.15, 0.2) is 0 Å². The minimum atomic E-state index is -4.13. The van der Waals surface area contributed by atoms with E-state index in [4.69, 9.17) is 0 Å². The molecule has 2 aromatic rings. The van der Waals surface area contributed by atoms with Crippen molar-refractivity contribution in [1.82, 2.24) is 0 Å². The fraction of sp³-hybridized carbons (Fsp3) is 0.385. The summed E-state index contributed by atoms with van der Waals surface area (Å²) in [6, 6.07) is 16.1. The molecule has 0 saturated carbocycles. The Labute approximate surface area is 176 Å². The fourth-order valence-electron chi connectivity index (χ4n) is 3.86. The summed E-state index contributed by atoms with van der Waals surface area (Å²) in [6.07, 6.45) is 5.12. The maximum Gasteiger partial charge on any atom is 0.335 e. The van der Waals surface area contributed by atoms with E-state index >= 15 is 0 Å². The first kappa shape index (κ1) is 22.3. The van der Waals surface area contributed by atoms with E-state index in [1.54, 1.807) is 6.92 Å². The molecule has 0 bridgehead atoms. The smallest absolute Gasteiger partial charge is 0.194 e. The predicted molar refractivity (Wildman–Crippen MR) is 115 cm³/mol. The van der Waals surface area contributed by atoms with Crippen LogP contribution >= 0.6 is 0 Å². The highest BCUT2D eigenvalue weighted by atomic mass is 19.3. The Bertz CT molecular complexity index is 903. The van der Waals surface area contributed by atoms with Crippen molar-refractivity contribution in [3.63, 3.8) is 0 Å². The molecular weight excluding hydrogens is 388 g/mol. The second-order valence-electron chi connectivity index (χ2n) is 7.93. The summed E-state index contributed by atoms with van der Waals surface area (Å²) in [5, 5.41) is 0. The summed E-state index contributed by atoms with van der Waals surface area (Å²) in [5.74, 6) is -8.24. The van der Waals surface area contributed by atoms with Gasteiger partial charge in [-0.15, -0.1) is 0 Å². The topological polar surface area (TPSA) is 0 Å². The van der Waals surface area contributed by atoms with Crippen molar-refractivity contribution in [2.45, 2.75) is 64.2 Å². The van der Waals surface area contributed by atoms with Crippen LogP contribution in [0.2, 0.25) is 0 Å². The lowest BCUT2D eigenvalue weighted by Gasteiger charge is -2.33. The zero-order valence-electron chi connectivity index (χ0n) is 17.5. The van der Waals surface area contributed by atoms with Gasteiger partial charge in [-0.1, -0.05) is 87.4 Å². The summed E-state index contributed by atoms with van der Waals surface area (Å²) in [6.45, 7) is 3.85. The molecule has 0 nitrogen and oxygen atoms in total. The van der Waals surface area contributed by atoms with Crippen LogP contribution in [0.25, 0.3) is 11.1 Å². The number of halogens is 4. The van der Waals surface area contributed by atoms with Crippen molar-refractivity contribution < 1.29 is 17.6 Å². The van der Waals surface area contributed by atoms with Crippen molar-refractivity contribution in [2.75, 3.05) is 0 Å². The van der Waals surface area contributed by atoms with Crippen LogP contribution in [0.1, 0.15) is 50.7 Å². The number of hydrogen-bond donors (Lipinski definition) is 0. The first-order chi connectivity index (χ1) is 14.3.